The Kier molecular flexibility index (Phi) is 5.96. The zero-order valence-corrected chi connectivity index (χ0v) is 17.7. The summed E-state index contributed by atoms with van der Waals surface area (Å²) in [5.41, 5.74) is 1.14. The Labute approximate surface area is 182 Å². The molecule has 1 aliphatic rings. The molecule has 1 fully saturated rings. The van der Waals surface area contributed by atoms with Crippen LogP contribution in [0.15, 0.2) is 48.5 Å². The van der Waals surface area contributed by atoms with Crippen LogP contribution in [0.25, 0.3) is 0 Å². The average molecular weight is 443 g/mol. The summed E-state index contributed by atoms with van der Waals surface area (Å²) in [6.45, 7) is 0.629. The third-order valence-electron chi connectivity index (χ3n) is 4.83. The monoisotopic (exact) mass is 442 g/mol. The van der Waals surface area contributed by atoms with Gasteiger partial charge in [-0.2, -0.15) is 0 Å². The van der Waals surface area contributed by atoms with Crippen LogP contribution in [0.4, 0.5) is 5.69 Å². The summed E-state index contributed by atoms with van der Waals surface area (Å²) in [6, 6.07) is 13.8. The van der Waals surface area contributed by atoms with E-state index in [2.05, 4.69) is 15.5 Å². The van der Waals surface area contributed by atoms with Crippen LogP contribution in [0.5, 0.6) is 5.75 Å². The lowest BCUT2D eigenvalue weighted by atomic mass is 10.1. The Morgan fingerprint density at radius 2 is 2.03 bits per heavy atom. The number of rotatable bonds is 5. The van der Waals surface area contributed by atoms with Crippen molar-refractivity contribution in [3.8, 4) is 5.75 Å². The van der Waals surface area contributed by atoms with Crippen molar-refractivity contribution in [3.63, 3.8) is 0 Å². The van der Waals surface area contributed by atoms with Crippen LogP contribution in [-0.4, -0.2) is 40.6 Å². The van der Waals surface area contributed by atoms with E-state index < -0.39 is 0 Å². The van der Waals surface area contributed by atoms with Crippen molar-refractivity contribution in [1.29, 1.82) is 0 Å². The van der Waals surface area contributed by atoms with Gasteiger partial charge in [-0.05, 0) is 49.2 Å². The number of hydrogen-bond donors (Lipinski definition) is 1. The Hall–Kier alpha value is -2.97. The fourth-order valence-electron chi connectivity index (χ4n) is 3.40. The van der Waals surface area contributed by atoms with Crippen LogP contribution in [0, 0.1) is 0 Å². The molecular formula is C21H19ClN4O3S. The van der Waals surface area contributed by atoms with Crippen LogP contribution in [0.3, 0.4) is 0 Å². The van der Waals surface area contributed by atoms with Crippen LogP contribution < -0.4 is 10.1 Å². The number of carbonyl (C=O) groups is 2. The molecule has 1 aliphatic heterocycles. The molecule has 2 amide bonds. The van der Waals surface area contributed by atoms with Gasteiger partial charge >= 0.3 is 0 Å². The number of halogens is 1. The number of ether oxygens (including phenoxy) is 1. The smallest absolute Gasteiger partial charge is 0.286 e. The van der Waals surface area contributed by atoms with Crippen molar-refractivity contribution >= 4 is 40.4 Å². The lowest BCUT2D eigenvalue weighted by Gasteiger charge is -2.23. The minimum Gasteiger partial charge on any atom is -0.497 e. The number of carbonyl (C=O) groups excluding carboxylic acids is 2. The minimum absolute atomic E-state index is 0.0865. The standard InChI is InChI=1S/C21H19ClN4O3S/c1-29-16-8-2-5-13(11-16)21(28)26-10-4-9-17(26)19-24-25-20(30-19)18(27)23-15-7-3-6-14(22)12-15/h2-3,5-8,11-12,17H,4,9-10H2,1H3,(H,23,27)/t17-/m1/s1. The van der Waals surface area contributed by atoms with E-state index in [9.17, 15) is 9.59 Å². The van der Waals surface area contributed by atoms with Gasteiger partial charge in [0, 0.05) is 22.8 Å². The molecule has 3 aromatic rings. The molecule has 0 spiro atoms. The first-order chi connectivity index (χ1) is 14.5. The Bertz CT molecular complexity index is 1090. The SMILES string of the molecule is COc1cccc(C(=O)N2CCC[C@@H]2c2nnc(C(=O)Nc3cccc(Cl)c3)s2)c1. The molecule has 1 saturated heterocycles. The fraction of sp³-hybridized carbons (Fsp3) is 0.238. The highest BCUT2D eigenvalue weighted by Crippen LogP contribution is 2.35. The predicted molar refractivity (Wildman–Crippen MR) is 115 cm³/mol. The number of benzene rings is 2. The van der Waals surface area contributed by atoms with Crippen LogP contribution in [0.1, 0.15) is 44.1 Å². The largest absolute Gasteiger partial charge is 0.497 e. The van der Waals surface area contributed by atoms with Crippen LogP contribution in [-0.2, 0) is 0 Å². The molecule has 7 nitrogen and oxygen atoms in total. The van der Waals surface area contributed by atoms with E-state index >= 15 is 0 Å². The van der Waals surface area contributed by atoms with Crippen LogP contribution >= 0.6 is 22.9 Å². The zero-order valence-electron chi connectivity index (χ0n) is 16.2. The first-order valence-corrected chi connectivity index (χ1v) is 10.6. The minimum atomic E-state index is -0.357. The van der Waals surface area contributed by atoms with Gasteiger partial charge in [-0.1, -0.05) is 35.1 Å². The number of amides is 2. The summed E-state index contributed by atoms with van der Waals surface area (Å²) in [7, 11) is 1.57. The molecule has 0 bridgehead atoms. The van der Waals surface area contributed by atoms with Gasteiger partial charge in [-0.15, -0.1) is 10.2 Å². The second kappa shape index (κ2) is 8.81. The van der Waals surface area contributed by atoms with Gasteiger partial charge in [0.25, 0.3) is 11.8 Å². The summed E-state index contributed by atoms with van der Waals surface area (Å²) in [5, 5.41) is 12.4. The van der Waals surface area contributed by atoms with Gasteiger partial charge in [-0.25, -0.2) is 0 Å². The molecule has 154 valence electrons. The van der Waals surface area contributed by atoms with Gasteiger partial charge in [0.1, 0.15) is 10.8 Å². The zero-order chi connectivity index (χ0) is 21.1. The molecule has 0 saturated carbocycles. The van der Waals surface area contributed by atoms with E-state index in [1.54, 1.807) is 60.5 Å². The van der Waals surface area contributed by atoms with Crippen molar-refractivity contribution in [1.82, 2.24) is 15.1 Å². The third-order valence-corrected chi connectivity index (χ3v) is 6.09. The maximum Gasteiger partial charge on any atom is 0.286 e. The predicted octanol–water partition coefficient (Wildman–Crippen LogP) is 4.43. The molecule has 1 N–H and O–H groups in total. The summed E-state index contributed by atoms with van der Waals surface area (Å²) >= 11 is 7.16. The average Bonchev–Trinajstić information content (AvgIpc) is 3.43. The van der Waals surface area contributed by atoms with Gasteiger partial charge in [-0.3, -0.25) is 9.59 Å². The first-order valence-electron chi connectivity index (χ1n) is 9.40. The molecule has 2 aromatic carbocycles. The number of likely N-dealkylation sites (tertiary alicyclic amines) is 1. The third kappa shape index (κ3) is 4.29. The van der Waals surface area contributed by atoms with Gasteiger partial charge in [0.2, 0.25) is 5.01 Å². The molecule has 1 aromatic heterocycles. The molecule has 0 radical (unpaired) electrons. The maximum absolute atomic E-state index is 13.0. The van der Waals surface area contributed by atoms with E-state index in [0.29, 0.717) is 33.6 Å². The van der Waals surface area contributed by atoms with E-state index in [-0.39, 0.29) is 22.9 Å². The molecular weight excluding hydrogens is 424 g/mol. The molecule has 1 atom stereocenters. The van der Waals surface area contributed by atoms with Gasteiger partial charge < -0.3 is 15.0 Å². The highest BCUT2D eigenvalue weighted by Gasteiger charge is 2.33. The van der Waals surface area contributed by atoms with Crippen molar-refractivity contribution in [2.75, 3.05) is 19.0 Å². The van der Waals surface area contributed by atoms with E-state index in [4.69, 9.17) is 16.3 Å². The summed E-state index contributed by atoms with van der Waals surface area (Å²) < 4.78 is 5.22. The first kappa shape index (κ1) is 20.3. The normalized spacial score (nSPS) is 15.8. The molecule has 2 heterocycles. The highest BCUT2D eigenvalue weighted by molar-refractivity contribution is 7.13. The maximum atomic E-state index is 13.0. The van der Waals surface area contributed by atoms with E-state index in [1.807, 2.05) is 0 Å². The number of anilines is 1. The molecule has 30 heavy (non-hydrogen) atoms. The number of methoxy groups -OCH3 is 1. The highest BCUT2D eigenvalue weighted by atomic mass is 35.5. The van der Waals surface area contributed by atoms with Gasteiger partial charge in [0.05, 0.1) is 13.2 Å². The van der Waals surface area contributed by atoms with Crippen molar-refractivity contribution in [2.24, 2.45) is 0 Å². The number of nitrogens with zero attached hydrogens (tertiary/aromatic N) is 3. The van der Waals surface area contributed by atoms with Crippen LogP contribution in [0.2, 0.25) is 5.02 Å². The topological polar surface area (TPSA) is 84.4 Å². The second-order valence-electron chi connectivity index (χ2n) is 6.80. The summed E-state index contributed by atoms with van der Waals surface area (Å²) in [5.74, 6) is 0.189. The fourth-order valence-corrected chi connectivity index (χ4v) is 4.48. The summed E-state index contributed by atoms with van der Waals surface area (Å²) in [6.07, 6.45) is 1.64. The Balaban J connectivity index is 1.50. The Morgan fingerprint density at radius 3 is 2.83 bits per heavy atom. The van der Waals surface area contributed by atoms with Crippen molar-refractivity contribution < 1.29 is 14.3 Å². The van der Waals surface area contributed by atoms with Crippen molar-refractivity contribution in [2.45, 2.75) is 18.9 Å². The summed E-state index contributed by atoms with van der Waals surface area (Å²) in [4.78, 5) is 27.4. The van der Waals surface area contributed by atoms with Crippen molar-refractivity contribution in [3.05, 3.63) is 69.1 Å². The second-order valence-corrected chi connectivity index (χ2v) is 8.24. The number of aromatic nitrogens is 2. The molecule has 0 unspecified atom stereocenters. The number of nitrogens with one attached hydrogen (secondary N) is 1. The molecule has 9 heteroatoms. The number of hydrogen-bond acceptors (Lipinski definition) is 6. The lowest BCUT2D eigenvalue weighted by molar-refractivity contribution is 0.0734. The van der Waals surface area contributed by atoms with E-state index in [0.717, 1.165) is 12.8 Å². The molecule has 4 rings (SSSR count). The lowest BCUT2D eigenvalue weighted by Crippen LogP contribution is -2.30. The quantitative estimate of drug-likeness (QED) is 0.631. The van der Waals surface area contributed by atoms with Gasteiger partial charge in [0.15, 0.2) is 0 Å². The molecule has 0 aliphatic carbocycles. The Morgan fingerprint density at radius 1 is 1.20 bits per heavy atom. The van der Waals surface area contributed by atoms with E-state index in [1.165, 1.54) is 11.3 Å².